The fourth-order valence-corrected chi connectivity index (χ4v) is 5.33. The molecule has 0 aliphatic carbocycles. The van der Waals surface area contributed by atoms with Crippen LogP contribution in [-0.2, 0) is 11.3 Å². The van der Waals surface area contributed by atoms with E-state index in [1.54, 1.807) is 14.2 Å². The third-order valence-corrected chi connectivity index (χ3v) is 6.96. The Bertz CT molecular complexity index is 919. The van der Waals surface area contributed by atoms with Crippen molar-refractivity contribution in [2.45, 2.75) is 31.8 Å². The number of ether oxygens (including phenoxy) is 2. The second-order valence-corrected chi connectivity index (χ2v) is 9.12. The van der Waals surface area contributed by atoms with Gasteiger partial charge in [0.05, 0.1) is 25.8 Å². The quantitative estimate of drug-likeness (QED) is 0.713. The highest BCUT2D eigenvalue weighted by Crippen LogP contribution is 2.34. The van der Waals surface area contributed by atoms with Crippen LogP contribution in [0.4, 0.5) is 5.69 Å². The van der Waals surface area contributed by atoms with Crippen LogP contribution in [0.5, 0.6) is 11.5 Å². The zero-order chi connectivity index (χ0) is 22.5. The number of nitrogens with one attached hydrogen (secondary N) is 1. The number of likely N-dealkylation sites (tertiary alicyclic amines) is 2. The van der Waals surface area contributed by atoms with Gasteiger partial charge in [0.1, 0.15) is 11.5 Å². The Balaban J connectivity index is 1.35. The molecule has 0 aromatic heterocycles. The average Bonchev–Trinajstić information content (AvgIpc) is 3.21. The molecule has 32 heavy (non-hydrogen) atoms. The largest absolute Gasteiger partial charge is 0.497 e. The zero-order valence-corrected chi connectivity index (χ0v) is 19.4. The van der Waals surface area contributed by atoms with Gasteiger partial charge >= 0.3 is 0 Å². The molecule has 0 spiro atoms. The third kappa shape index (κ3) is 5.25. The number of hydrogen-bond donors (Lipinski definition) is 1. The SMILES string of the molecule is COc1cccc(CN2CCC[C@H]([C@@H]3C[C@H](C(=O)Nc4ccccc4OC)CN3C)C2)c1. The van der Waals surface area contributed by atoms with Crippen LogP contribution in [0, 0.1) is 11.8 Å². The van der Waals surface area contributed by atoms with E-state index in [9.17, 15) is 4.79 Å². The number of para-hydroxylation sites is 2. The second-order valence-electron chi connectivity index (χ2n) is 9.12. The number of benzene rings is 2. The lowest BCUT2D eigenvalue weighted by Crippen LogP contribution is -2.43. The molecule has 2 aliphatic rings. The average molecular weight is 438 g/mol. The number of rotatable bonds is 7. The van der Waals surface area contributed by atoms with Gasteiger partial charge in [-0.25, -0.2) is 0 Å². The van der Waals surface area contributed by atoms with Gasteiger partial charge in [0.25, 0.3) is 0 Å². The molecule has 2 aromatic carbocycles. The van der Waals surface area contributed by atoms with Crippen LogP contribution >= 0.6 is 0 Å². The molecule has 0 saturated carbocycles. The van der Waals surface area contributed by atoms with E-state index in [-0.39, 0.29) is 11.8 Å². The molecule has 0 unspecified atom stereocenters. The predicted molar refractivity (Wildman–Crippen MR) is 127 cm³/mol. The summed E-state index contributed by atoms with van der Waals surface area (Å²) in [5.74, 6) is 2.29. The smallest absolute Gasteiger partial charge is 0.228 e. The molecular formula is C26H35N3O3. The minimum absolute atomic E-state index is 0.00340. The van der Waals surface area contributed by atoms with Crippen molar-refractivity contribution < 1.29 is 14.3 Å². The van der Waals surface area contributed by atoms with E-state index in [0.717, 1.165) is 44.0 Å². The molecular weight excluding hydrogens is 402 g/mol. The summed E-state index contributed by atoms with van der Waals surface area (Å²) in [5, 5.41) is 3.09. The highest BCUT2D eigenvalue weighted by Gasteiger charge is 2.39. The Labute approximate surface area is 191 Å². The van der Waals surface area contributed by atoms with Crippen LogP contribution in [0.15, 0.2) is 48.5 Å². The van der Waals surface area contributed by atoms with Gasteiger partial charge in [0, 0.05) is 25.7 Å². The van der Waals surface area contributed by atoms with Gasteiger partial charge in [-0.15, -0.1) is 0 Å². The number of hydrogen-bond acceptors (Lipinski definition) is 5. The van der Waals surface area contributed by atoms with Crippen LogP contribution in [-0.4, -0.2) is 62.7 Å². The summed E-state index contributed by atoms with van der Waals surface area (Å²) in [6.45, 7) is 3.95. The summed E-state index contributed by atoms with van der Waals surface area (Å²) in [7, 11) is 5.51. The first-order chi connectivity index (χ1) is 15.6. The first-order valence-electron chi connectivity index (χ1n) is 11.6. The molecule has 2 aromatic rings. The van der Waals surface area contributed by atoms with Gasteiger partial charge in [0.2, 0.25) is 5.91 Å². The van der Waals surface area contributed by atoms with Crippen LogP contribution in [0.1, 0.15) is 24.8 Å². The molecule has 6 heteroatoms. The van der Waals surface area contributed by atoms with Crippen LogP contribution in [0.25, 0.3) is 0 Å². The van der Waals surface area contributed by atoms with Gasteiger partial charge in [-0.1, -0.05) is 24.3 Å². The minimum atomic E-state index is 0.00340. The lowest BCUT2D eigenvalue weighted by molar-refractivity contribution is -0.119. The maximum absolute atomic E-state index is 13.0. The summed E-state index contributed by atoms with van der Waals surface area (Å²) in [6, 6.07) is 16.4. The summed E-state index contributed by atoms with van der Waals surface area (Å²) in [5.41, 5.74) is 2.03. The molecule has 2 saturated heterocycles. The molecule has 0 bridgehead atoms. The Morgan fingerprint density at radius 1 is 1.09 bits per heavy atom. The number of piperidine rings is 1. The third-order valence-electron chi connectivity index (χ3n) is 6.96. The molecule has 2 aliphatic heterocycles. The van der Waals surface area contributed by atoms with E-state index in [4.69, 9.17) is 9.47 Å². The number of anilines is 1. The van der Waals surface area contributed by atoms with Crippen molar-refractivity contribution in [1.82, 2.24) is 9.80 Å². The Morgan fingerprint density at radius 3 is 2.75 bits per heavy atom. The van der Waals surface area contributed by atoms with Gasteiger partial charge in [0.15, 0.2) is 0 Å². The number of nitrogens with zero attached hydrogens (tertiary/aromatic N) is 2. The number of carbonyl (C=O) groups excluding carboxylic acids is 1. The number of methoxy groups -OCH3 is 2. The fourth-order valence-electron chi connectivity index (χ4n) is 5.33. The van der Waals surface area contributed by atoms with Gasteiger partial charge < -0.3 is 19.7 Å². The summed E-state index contributed by atoms with van der Waals surface area (Å²) < 4.78 is 10.8. The Kier molecular flexibility index (Phi) is 7.33. The number of amides is 1. The summed E-state index contributed by atoms with van der Waals surface area (Å²) in [6.07, 6.45) is 3.34. The number of carbonyl (C=O) groups is 1. The van der Waals surface area contributed by atoms with E-state index in [1.807, 2.05) is 30.3 Å². The minimum Gasteiger partial charge on any atom is -0.497 e. The lowest BCUT2D eigenvalue weighted by Gasteiger charge is -2.38. The molecule has 0 radical (unpaired) electrons. The molecule has 1 amide bonds. The zero-order valence-electron chi connectivity index (χ0n) is 19.4. The van der Waals surface area contributed by atoms with Gasteiger partial charge in [-0.05, 0) is 68.6 Å². The van der Waals surface area contributed by atoms with Crippen molar-refractivity contribution in [1.29, 1.82) is 0 Å². The molecule has 6 nitrogen and oxygen atoms in total. The molecule has 4 rings (SSSR count). The first kappa shape index (κ1) is 22.6. The molecule has 1 N–H and O–H groups in total. The summed E-state index contributed by atoms with van der Waals surface area (Å²) >= 11 is 0. The van der Waals surface area contributed by atoms with Crippen molar-refractivity contribution in [3.63, 3.8) is 0 Å². The maximum Gasteiger partial charge on any atom is 0.228 e. The Hall–Kier alpha value is -2.57. The van der Waals surface area contributed by atoms with Crippen LogP contribution in [0.3, 0.4) is 0 Å². The van der Waals surface area contributed by atoms with Crippen LogP contribution in [0.2, 0.25) is 0 Å². The standard InChI is InChI=1S/C26H35N3O3/c1-28-17-21(26(30)27-23-11-4-5-12-25(23)32-3)15-24(28)20-9-7-13-29(18-20)16-19-8-6-10-22(14-19)31-2/h4-6,8,10-12,14,20-21,24H,7,9,13,15-18H2,1-3H3,(H,27,30)/t20-,21-,24-/m0/s1. The van der Waals surface area contributed by atoms with E-state index in [0.29, 0.717) is 17.7 Å². The summed E-state index contributed by atoms with van der Waals surface area (Å²) in [4.78, 5) is 18.0. The fraction of sp³-hybridized carbons (Fsp3) is 0.500. The van der Waals surface area contributed by atoms with Crippen LogP contribution < -0.4 is 14.8 Å². The normalized spacial score (nSPS) is 24.3. The van der Waals surface area contributed by atoms with Crippen molar-refractivity contribution >= 4 is 11.6 Å². The van der Waals surface area contributed by atoms with Crippen molar-refractivity contribution in [2.24, 2.45) is 11.8 Å². The van der Waals surface area contributed by atoms with Crippen molar-refractivity contribution in [3.8, 4) is 11.5 Å². The van der Waals surface area contributed by atoms with E-state index >= 15 is 0 Å². The molecule has 2 heterocycles. The van der Waals surface area contributed by atoms with Gasteiger partial charge in [-0.2, -0.15) is 0 Å². The van der Waals surface area contributed by atoms with E-state index in [2.05, 4.69) is 40.4 Å². The lowest BCUT2D eigenvalue weighted by atomic mass is 9.87. The van der Waals surface area contributed by atoms with Crippen molar-refractivity contribution in [3.05, 3.63) is 54.1 Å². The molecule has 3 atom stereocenters. The predicted octanol–water partition coefficient (Wildman–Crippen LogP) is 3.87. The maximum atomic E-state index is 13.0. The monoisotopic (exact) mass is 437 g/mol. The molecule has 172 valence electrons. The highest BCUT2D eigenvalue weighted by molar-refractivity contribution is 5.94. The first-order valence-corrected chi connectivity index (χ1v) is 11.6. The highest BCUT2D eigenvalue weighted by atomic mass is 16.5. The van der Waals surface area contributed by atoms with E-state index in [1.165, 1.54) is 18.4 Å². The van der Waals surface area contributed by atoms with Crippen molar-refractivity contribution in [2.75, 3.05) is 46.2 Å². The topological polar surface area (TPSA) is 54.0 Å². The Morgan fingerprint density at radius 2 is 1.94 bits per heavy atom. The van der Waals surface area contributed by atoms with E-state index < -0.39 is 0 Å². The second kappa shape index (κ2) is 10.4. The molecule has 2 fully saturated rings. The van der Waals surface area contributed by atoms with Gasteiger partial charge in [-0.3, -0.25) is 9.69 Å².